The van der Waals surface area contributed by atoms with E-state index in [0.717, 1.165) is 0 Å². The number of ether oxygens (including phenoxy) is 1. The van der Waals surface area contributed by atoms with Crippen LogP contribution in [-0.2, 0) is 5.88 Å². The van der Waals surface area contributed by atoms with Crippen molar-refractivity contribution in [3.05, 3.63) is 17.3 Å². The van der Waals surface area contributed by atoms with Gasteiger partial charge in [-0.05, 0) is 6.07 Å². The van der Waals surface area contributed by atoms with Crippen LogP contribution in [-0.4, -0.2) is 11.3 Å². The molecule has 86 valence electrons. The van der Waals surface area contributed by atoms with Gasteiger partial charge in [0, 0.05) is 0 Å². The Hall–Kier alpha value is -1.68. The molecule has 0 saturated carbocycles. The number of halogens is 4. The number of hydrogen-bond donors (Lipinski definition) is 1. The van der Waals surface area contributed by atoms with Crippen LogP contribution in [0.3, 0.4) is 0 Å². The second-order valence-corrected chi connectivity index (χ2v) is 2.94. The van der Waals surface area contributed by atoms with Crippen molar-refractivity contribution in [2.75, 3.05) is 5.73 Å². The van der Waals surface area contributed by atoms with Crippen LogP contribution in [0.2, 0.25) is 0 Å². The Morgan fingerprint density at radius 3 is 2.62 bits per heavy atom. The highest BCUT2D eigenvalue weighted by Gasteiger charge is 2.33. The van der Waals surface area contributed by atoms with Crippen molar-refractivity contribution >= 4 is 17.3 Å². The molecule has 0 aliphatic rings. The third kappa shape index (κ3) is 2.90. The summed E-state index contributed by atoms with van der Waals surface area (Å²) in [5, 5.41) is 8.62. The largest absolute Gasteiger partial charge is 0.574 e. The number of nitriles is 1. The van der Waals surface area contributed by atoms with Crippen LogP contribution in [0.25, 0.3) is 0 Å². The zero-order valence-electron chi connectivity index (χ0n) is 7.68. The molecule has 0 saturated heterocycles. The Morgan fingerprint density at radius 1 is 1.56 bits per heavy atom. The first kappa shape index (κ1) is 12.4. The Bertz CT molecular complexity index is 441. The van der Waals surface area contributed by atoms with Crippen molar-refractivity contribution < 1.29 is 17.9 Å². The second-order valence-electron chi connectivity index (χ2n) is 2.67. The van der Waals surface area contributed by atoms with Gasteiger partial charge in [-0.1, -0.05) is 0 Å². The molecule has 2 N–H and O–H groups in total. The number of nitrogen functional groups attached to an aromatic ring is 1. The van der Waals surface area contributed by atoms with E-state index in [-0.39, 0.29) is 17.1 Å². The molecule has 0 atom stereocenters. The van der Waals surface area contributed by atoms with Gasteiger partial charge >= 0.3 is 6.36 Å². The van der Waals surface area contributed by atoms with Gasteiger partial charge in [0.15, 0.2) is 0 Å². The number of anilines is 1. The fourth-order valence-electron chi connectivity index (χ4n) is 0.931. The van der Waals surface area contributed by atoms with Crippen LogP contribution >= 0.6 is 11.6 Å². The summed E-state index contributed by atoms with van der Waals surface area (Å²) in [7, 11) is 0. The maximum atomic E-state index is 12.0. The SMILES string of the molecule is N#Cc1cc(CCl)nc(OC(F)(F)F)c1N. The van der Waals surface area contributed by atoms with E-state index >= 15 is 0 Å². The number of pyridine rings is 1. The van der Waals surface area contributed by atoms with Crippen LogP contribution in [0, 0.1) is 11.3 Å². The zero-order chi connectivity index (χ0) is 12.3. The summed E-state index contributed by atoms with van der Waals surface area (Å²) in [5.74, 6) is -1.01. The van der Waals surface area contributed by atoms with Crippen LogP contribution < -0.4 is 10.5 Å². The molecular weight excluding hydrogens is 247 g/mol. The molecule has 1 heterocycles. The number of nitrogens with two attached hydrogens (primary N) is 1. The van der Waals surface area contributed by atoms with E-state index in [9.17, 15) is 13.2 Å². The molecule has 4 nitrogen and oxygen atoms in total. The van der Waals surface area contributed by atoms with Gasteiger partial charge in [0.1, 0.15) is 11.8 Å². The average molecular weight is 252 g/mol. The fraction of sp³-hybridized carbons (Fsp3) is 0.250. The predicted octanol–water partition coefficient (Wildman–Crippen LogP) is 2.17. The molecule has 0 bridgehead atoms. The van der Waals surface area contributed by atoms with Crippen LogP contribution in [0.5, 0.6) is 5.88 Å². The molecule has 0 radical (unpaired) electrons. The molecule has 0 aromatic carbocycles. The number of nitrogens with zero attached hydrogens (tertiary/aromatic N) is 2. The van der Waals surface area contributed by atoms with Gasteiger partial charge in [-0.3, -0.25) is 0 Å². The molecule has 0 spiro atoms. The second kappa shape index (κ2) is 4.45. The monoisotopic (exact) mass is 251 g/mol. The molecule has 0 amide bonds. The third-order valence-corrected chi connectivity index (χ3v) is 1.82. The molecule has 0 aliphatic heterocycles. The summed E-state index contributed by atoms with van der Waals surface area (Å²) in [4.78, 5) is 3.43. The number of rotatable bonds is 2. The van der Waals surface area contributed by atoms with Crippen molar-refractivity contribution in [3.8, 4) is 11.9 Å². The highest BCUT2D eigenvalue weighted by Crippen LogP contribution is 2.29. The van der Waals surface area contributed by atoms with Gasteiger partial charge in [-0.15, -0.1) is 24.8 Å². The standard InChI is InChI=1S/C8H5ClF3N3O/c9-2-5-1-4(3-13)6(14)7(15-5)16-8(10,11)12/h1H,2,14H2. The van der Waals surface area contributed by atoms with E-state index in [1.807, 2.05) is 0 Å². The van der Waals surface area contributed by atoms with E-state index < -0.39 is 17.9 Å². The number of aromatic nitrogens is 1. The molecule has 8 heteroatoms. The van der Waals surface area contributed by atoms with Crippen molar-refractivity contribution in [2.45, 2.75) is 12.2 Å². The van der Waals surface area contributed by atoms with Crippen LogP contribution in [0.4, 0.5) is 18.9 Å². The van der Waals surface area contributed by atoms with E-state index in [1.54, 1.807) is 6.07 Å². The minimum atomic E-state index is -4.92. The first-order chi connectivity index (χ1) is 7.37. The van der Waals surface area contributed by atoms with Crippen LogP contribution in [0.15, 0.2) is 6.07 Å². The predicted molar refractivity (Wildman–Crippen MR) is 49.6 cm³/mol. The smallest absolute Gasteiger partial charge is 0.393 e. The minimum absolute atomic E-state index is 0.0756. The highest BCUT2D eigenvalue weighted by atomic mass is 35.5. The van der Waals surface area contributed by atoms with Crippen molar-refractivity contribution in [1.29, 1.82) is 5.26 Å². The maximum absolute atomic E-state index is 12.0. The van der Waals surface area contributed by atoms with Gasteiger partial charge in [0.05, 0.1) is 17.1 Å². The molecule has 1 aromatic rings. The lowest BCUT2D eigenvalue weighted by molar-refractivity contribution is -0.275. The maximum Gasteiger partial charge on any atom is 0.574 e. The summed E-state index contributed by atoms with van der Waals surface area (Å²) in [5.41, 5.74) is 4.72. The molecule has 16 heavy (non-hydrogen) atoms. The van der Waals surface area contributed by atoms with E-state index in [0.29, 0.717) is 0 Å². The Kier molecular flexibility index (Phi) is 3.44. The average Bonchev–Trinajstić information content (AvgIpc) is 2.19. The van der Waals surface area contributed by atoms with Gasteiger partial charge in [0.25, 0.3) is 0 Å². The fourth-order valence-corrected chi connectivity index (χ4v) is 1.07. The zero-order valence-corrected chi connectivity index (χ0v) is 8.43. The quantitative estimate of drug-likeness (QED) is 0.818. The lowest BCUT2D eigenvalue weighted by Gasteiger charge is -2.11. The summed E-state index contributed by atoms with van der Waals surface area (Å²) in [6.45, 7) is 0. The Morgan fingerprint density at radius 2 is 2.19 bits per heavy atom. The Labute approximate surface area is 93.4 Å². The minimum Gasteiger partial charge on any atom is -0.393 e. The molecule has 1 aromatic heterocycles. The summed E-state index contributed by atoms with van der Waals surface area (Å²) >= 11 is 5.40. The van der Waals surface area contributed by atoms with Crippen molar-refractivity contribution in [1.82, 2.24) is 4.98 Å². The third-order valence-electron chi connectivity index (χ3n) is 1.55. The van der Waals surface area contributed by atoms with Crippen molar-refractivity contribution in [3.63, 3.8) is 0 Å². The summed E-state index contributed by atoms with van der Waals surface area (Å²) in [6, 6.07) is 2.83. The topological polar surface area (TPSA) is 71.9 Å². The highest BCUT2D eigenvalue weighted by molar-refractivity contribution is 6.16. The summed E-state index contributed by atoms with van der Waals surface area (Å²) in [6.07, 6.45) is -4.92. The van der Waals surface area contributed by atoms with Gasteiger partial charge in [-0.2, -0.15) is 5.26 Å². The Balaban J connectivity index is 3.23. The number of alkyl halides is 4. The lowest BCUT2D eigenvalue weighted by Crippen LogP contribution is -2.19. The van der Waals surface area contributed by atoms with Gasteiger partial charge in [0.2, 0.25) is 5.88 Å². The summed E-state index contributed by atoms with van der Waals surface area (Å²) < 4.78 is 39.4. The first-order valence-electron chi connectivity index (χ1n) is 3.88. The molecular formula is C8H5ClF3N3O. The normalized spacial score (nSPS) is 10.9. The van der Waals surface area contributed by atoms with Gasteiger partial charge < -0.3 is 10.5 Å². The van der Waals surface area contributed by atoms with Crippen molar-refractivity contribution in [2.24, 2.45) is 0 Å². The number of hydrogen-bond acceptors (Lipinski definition) is 4. The molecule has 0 unspecified atom stereocenters. The first-order valence-corrected chi connectivity index (χ1v) is 4.42. The van der Waals surface area contributed by atoms with E-state index in [4.69, 9.17) is 22.6 Å². The van der Waals surface area contributed by atoms with Gasteiger partial charge in [-0.25, -0.2) is 4.98 Å². The molecule has 0 aliphatic carbocycles. The van der Waals surface area contributed by atoms with E-state index in [2.05, 4.69) is 9.72 Å². The molecule has 0 fully saturated rings. The van der Waals surface area contributed by atoms with E-state index in [1.165, 1.54) is 6.07 Å². The van der Waals surface area contributed by atoms with Crippen LogP contribution in [0.1, 0.15) is 11.3 Å². The molecule has 1 rings (SSSR count). The lowest BCUT2D eigenvalue weighted by atomic mass is 10.2.